The number of carbonyl (C=O) groups excluding carboxylic acids is 1. The summed E-state index contributed by atoms with van der Waals surface area (Å²) in [6, 6.07) is 17.0. The van der Waals surface area contributed by atoms with Gasteiger partial charge in [0.2, 0.25) is 0 Å². The summed E-state index contributed by atoms with van der Waals surface area (Å²) in [7, 11) is 0. The van der Waals surface area contributed by atoms with Gasteiger partial charge >= 0.3 is 0 Å². The smallest absolute Gasteiger partial charge is 0.265 e. The van der Waals surface area contributed by atoms with Crippen molar-refractivity contribution >= 4 is 28.8 Å². The quantitative estimate of drug-likeness (QED) is 0.534. The molecule has 32 heavy (non-hydrogen) atoms. The van der Waals surface area contributed by atoms with Gasteiger partial charge in [0.15, 0.2) is 0 Å². The van der Waals surface area contributed by atoms with Gasteiger partial charge in [0.25, 0.3) is 5.91 Å². The highest BCUT2D eigenvalue weighted by molar-refractivity contribution is 7.13. The molecular weight excluding hydrogens is 444 g/mol. The van der Waals surface area contributed by atoms with Crippen molar-refractivity contribution in [3.05, 3.63) is 80.3 Å². The summed E-state index contributed by atoms with van der Waals surface area (Å²) in [6.07, 6.45) is 0. The van der Waals surface area contributed by atoms with E-state index in [0.29, 0.717) is 40.9 Å². The lowest BCUT2D eigenvalue weighted by Gasteiger charge is -2.34. The number of piperazine rings is 1. The number of aryl methyl sites for hydroxylation is 1. The van der Waals surface area contributed by atoms with Crippen LogP contribution in [0, 0.1) is 18.3 Å². The van der Waals surface area contributed by atoms with Crippen LogP contribution in [-0.4, -0.2) is 46.9 Å². The predicted molar refractivity (Wildman–Crippen MR) is 125 cm³/mol. The number of carbonyl (C=O) groups is 1. The summed E-state index contributed by atoms with van der Waals surface area (Å²) >= 11 is 7.30. The van der Waals surface area contributed by atoms with Gasteiger partial charge in [-0.2, -0.15) is 5.26 Å². The second-order valence-corrected chi connectivity index (χ2v) is 9.16. The SMILES string of the molecule is Cc1nc(COc2ccc(Cl)cc2)sc1C(=O)N1CCN(Cc2ccc(C#N)cc2)CC1. The molecule has 0 spiro atoms. The fourth-order valence-corrected chi connectivity index (χ4v) is 4.66. The summed E-state index contributed by atoms with van der Waals surface area (Å²) in [6.45, 7) is 6.01. The number of hydrogen-bond donors (Lipinski definition) is 0. The number of amides is 1. The Morgan fingerprint density at radius 3 is 2.47 bits per heavy atom. The summed E-state index contributed by atoms with van der Waals surface area (Å²) in [5, 5.41) is 10.4. The molecule has 8 heteroatoms. The molecule has 1 aromatic heterocycles. The topological polar surface area (TPSA) is 69.5 Å². The van der Waals surface area contributed by atoms with Gasteiger partial charge in [-0.3, -0.25) is 9.69 Å². The molecule has 4 rings (SSSR count). The summed E-state index contributed by atoms with van der Waals surface area (Å²) in [4.78, 5) is 22.5. The number of nitriles is 1. The number of thiazole rings is 1. The fraction of sp³-hybridized carbons (Fsp3) is 0.292. The van der Waals surface area contributed by atoms with Gasteiger partial charge in [0.1, 0.15) is 22.2 Å². The van der Waals surface area contributed by atoms with Gasteiger partial charge in [-0.05, 0) is 48.9 Å². The second-order valence-electron chi connectivity index (χ2n) is 7.64. The van der Waals surface area contributed by atoms with Crippen LogP contribution in [0.3, 0.4) is 0 Å². The van der Waals surface area contributed by atoms with Crippen LogP contribution in [0.5, 0.6) is 5.75 Å². The number of ether oxygens (including phenoxy) is 1. The highest BCUT2D eigenvalue weighted by atomic mass is 35.5. The first kappa shape index (κ1) is 22.3. The number of benzene rings is 2. The Labute approximate surface area is 196 Å². The van der Waals surface area contributed by atoms with E-state index in [1.54, 1.807) is 12.1 Å². The molecule has 1 aliphatic heterocycles. The van der Waals surface area contributed by atoms with Crippen molar-refractivity contribution in [1.82, 2.24) is 14.8 Å². The van der Waals surface area contributed by atoms with Crippen LogP contribution < -0.4 is 4.74 Å². The average molecular weight is 467 g/mol. The monoisotopic (exact) mass is 466 g/mol. The summed E-state index contributed by atoms with van der Waals surface area (Å²) in [5.74, 6) is 0.754. The van der Waals surface area contributed by atoms with Crippen LogP contribution in [0.4, 0.5) is 0 Å². The molecule has 164 valence electrons. The average Bonchev–Trinajstić information content (AvgIpc) is 3.19. The highest BCUT2D eigenvalue weighted by Crippen LogP contribution is 2.23. The molecule has 1 aliphatic rings. The van der Waals surface area contributed by atoms with Crippen molar-refractivity contribution < 1.29 is 9.53 Å². The van der Waals surface area contributed by atoms with E-state index >= 15 is 0 Å². The maximum Gasteiger partial charge on any atom is 0.265 e. The molecule has 0 saturated carbocycles. The fourth-order valence-electron chi connectivity index (χ4n) is 3.58. The lowest BCUT2D eigenvalue weighted by atomic mass is 10.1. The molecule has 0 aliphatic carbocycles. The minimum atomic E-state index is 0.0377. The first-order valence-corrected chi connectivity index (χ1v) is 11.6. The Balaban J connectivity index is 1.30. The van der Waals surface area contributed by atoms with Gasteiger partial charge in [-0.25, -0.2) is 4.98 Å². The molecule has 0 N–H and O–H groups in total. The van der Waals surface area contributed by atoms with Crippen LogP contribution in [0.2, 0.25) is 5.02 Å². The van der Waals surface area contributed by atoms with Gasteiger partial charge in [-0.1, -0.05) is 23.7 Å². The van der Waals surface area contributed by atoms with Crippen molar-refractivity contribution in [2.75, 3.05) is 26.2 Å². The van der Waals surface area contributed by atoms with Gasteiger partial charge in [0.05, 0.1) is 17.3 Å². The van der Waals surface area contributed by atoms with E-state index in [1.165, 1.54) is 16.9 Å². The molecule has 0 bridgehead atoms. The number of rotatable bonds is 6. The molecular formula is C24H23ClN4O2S. The van der Waals surface area contributed by atoms with E-state index in [1.807, 2.05) is 48.2 Å². The lowest BCUT2D eigenvalue weighted by Crippen LogP contribution is -2.48. The van der Waals surface area contributed by atoms with Gasteiger partial charge < -0.3 is 9.64 Å². The Kier molecular flexibility index (Phi) is 7.05. The van der Waals surface area contributed by atoms with E-state index in [9.17, 15) is 4.79 Å². The number of hydrogen-bond acceptors (Lipinski definition) is 6. The molecule has 2 aromatic carbocycles. The first-order chi connectivity index (χ1) is 15.5. The van der Waals surface area contributed by atoms with Crippen LogP contribution in [0.1, 0.15) is 31.5 Å². The normalized spacial score (nSPS) is 14.2. The predicted octanol–water partition coefficient (Wildman–Crippen LogP) is 4.51. The lowest BCUT2D eigenvalue weighted by molar-refractivity contribution is 0.0632. The van der Waals surface area contributed by atoms with Gasteiger partial charge in [0, 0.05) is 37.7 Å². The maximum absolute atomic E-state index is 13.1. The Bertz CT molecular complexity index is 1110. The zero-order valence-corrected chi connectivity index (χ0v) is 19.3. The minimum Gasteiger partial charge on any atom is -0.486 e. The van der Waals surface area contributed by atoms with Crippen molar-refractivity contribution in [3.8, 4) is 11.8 Å². The van der Waals surface area contributed by atoms with Crippen LogP contribution >= 0.6 is 22.9 Å². The molecule has 0 radical (unpaired) electrons. The van der Waals surface area contributed by atoms with Crippen LogP contribution in [0.25, 0.3) is 0 Å². The maximum atomic E-state index is 13.1. The number of aromatic nitrogens is 1. The standard InChI is InChI=1S/C24H23ClN4O2S/c1-17-23(32-22(27-17)16-31-21-8-6-20(25)7-9-21)24(30)29-12-10-28(11-13-29)15-19-4-2-18(14-26)3-5-19/h2-9H,10-13,15-16H2,1H3. The van der Waals surface area contributed by atoms with Gasteiger partial charge in [-0.15, -0.1) is 11.3 Å². The molecule has 2 heterocycles. The van der Waals surface area contributed by atoms with E-state index in [-0.39, 0.29) is 5.91 Å². The number of nitrogens with zero attached hydrogens (tertiary/aromatic N) is 4. The largest absolute Gasteiger partial charge is 0.486 e. The molecule has 1 amide bonds. The number of halogens is 1. The van der Waals surface area contributed by atoms with Crippen molar-refractivity contribution in [2.45, 2.75) is 20.1 Å². The Morgan fingerprint density at radius 1 is 1.12 bits per heavy atom. The third-order valence-corrected chi connectivity index (χ3v) is 6.73. The van der Waals surface area contributed by atoms with Crippen molar-refractivity contribution in [1.29, 1.82) is 5.26 Å². The third kappa shape index (κ3) is 5.46. The van der Waals surface area contributed by atoms with Crippen molar-refractivity contribution in [2.24, 2.45) is 0 Å². The molecule has 3 aromatic rings. The highest BCUT2D eigenvalue weighted by Gasteiger charge is 2.25. The van der Waals surface area contributed by atoms with Crippen molar-refractivity contribution in [3.63, 3.8) is 0 Å². The Morgan fingerprint density at radius 2 is 1.81 bits per heavy atom. The molecule has 0 unspecified atom stereocenters. The van der Waals surface area contributed by atoms with E-state index in [4.69, 9.17) is 21.6 Å². The molecule has 1 saturated heterocycles. The van der Waals surface area contributed by atoms with E-state index < -0.39 is 0 Å². The minimum absolute atomic E-state index is 0.0377. The van der Waals surface area contributed by atoms with E-state index in [2.05, 4.69) is 16.0 Å². The summed E-state index contributed by atoms with van der Waals surface area (Å²) in [5.41, 5.74) is 2.59. The Hall–Kier alpha value is -2.92. The second kappa shape index (κ2) is 10.1. The van der Waals surface area contributed by atoms with Crippen LogP contribution in [-0.2, 0) is 13.2 Å². The first-order valence-electron chi connectivity index (χ1n) is 10.4. The molecule has 6 nitrogen and oxygen atoms in total. The third-order valence-electron chi connectivity index (χ3n) is 5.36. The molecule has 1 fully saturated rings. The van der Waals surface area contributed by atoms with E-state index in [0.717, 1.165) is 30.3 Å². The molecule has 0 atom stereocenters. The van der Waals surface area contributed by atoms with Crippen LogP contribution in [0.15, 0.2) is 48.5 Å². The zero-order valence-electron chi connectivity index (χ0n) is 17.8. The summed E-state index contributed by atoms with van der Waals surface area (Å²) < 4.78 is 5.77. The zero-order chi connectivity index (χ0) is 22.5.